The second kappa shape index (κ2) is 5.59. The van der Waals surface area contributed by atoms with Crippen molar-refractivity contribution in [3.63, 3.8) is 0 Å². The molecule has 2 aromatic rings. The largest absolute Gasteiger partial charge is 0.355 e. The number of nitrogens with one attached hydrogen (secondary N) is 1. The summed E-state index contributed by atoms with van der Waals surface area (Å²) in [7, 11) is 1.44. The van der Waals surface area contributed by atoms with E-state index in [1.54, 1.807) is 18.2 Å². The van der Waals surface area contributed by atoms with Crippen molar-refractivity contribution in [1.82, 2.24) is 5.32 Å². The van der Waals surface area contributed by atoms with Gasteiger partial charge in [0.25, 0.3) is 5.91 Å². The normalized spacial score (nSPS) is 10.3. The van der Waals surface area contributed by atoms with Crippen LogP contribution in [0.15, 0.2) is 36.4 Å². The predicted octanol–water partition coefficient (Wildman–Crippen LogP) is 4.16. The van der Waals surface area contributed by atoms with Crippen LogP contribution in [0.2, 0.25) is 10.0 Å². The molecule has 19 heavy (non-hydrogen) atoms. The lowest BCUT2D eigenvalue weighted by molar-refractivity contribution is 0.0959. The maximum Gasteiger partial charge on any atom is 0.254 e. The number of benzene rings is 2. The predicted molar refractivity (Wildman–Crippen MR) is 75.2 cm³/mol. The Hall–Kier alpha value is -1.58. The van der Waals surface area contributed by atoms with E-state index in [9.17, 15) is 9.18 Å². The van der Waals surface area contributed by atoms with Crippen molar-refractivity contribution in [3.8, 4) is 11.1 Å². The van der Waals surface area contributed by atoms with Gasteiger partial charge in [0.2, 0.25) is 0 Å². The van der Waals surface area contributed by atoms with Crippen molar-refractivity contribution in [2.75, 3.05) is 7.05 Å². The Morgan fingerprint density at radius 1 is 1.16 bits per heavy atom. The molecule has 0 aliphatic carbocycles. The van der Waals surface area contributed by atoms with E-state index in [2.05, 4.69) is 5.32 Å². The van der Waals surface area contributed by atoms with Crippen LogP contribution in [0.1, 0.15) is 10.4 Å². The monoisotopic (exact) mass is 297 g/mol. The molecule has 0 atom stereocenters. The summed E-state index contributed by atoms with van der Waals surface area (Å²) in [4.78, 5) is 11.6. The fourth-order valence-corrected chi connectivity index (χ4v) is 2.38. The van der Waals surface area contributed by atoms with E-state index in [0.29, 0.717) is 21.2 Å². The first-order chi connectivity index (χ1) is 9.04. The van der Waals surface area contributed by atoms with Crippen LogP contribution in [-0.4, -0.2) is 13.0 Å². The second-order valence-electron chi connectivity index (χ2n) is 3.87. The van der Waals surface area contributed by atoms with E-state index in [1.165, 1.54) is 25.2 Å². The van der Waals surface area contributed by atoms with Gasteiger partial charge >= 0.3 is 0 Å². The highest BCUT2D eigenvalue weighted by atomic mass is 35.5. The minimum atomic E-state index is -0.591. The summed E-state index contributed by atoms with van der Waals surface area (Å²) in [6, 6.07) is 9.28. The molecular formula is C14H10Cl2FNO. The average Bonchev–Trinajstić information content (AvgIpc) is 2.39. The first kappa shape index (κ1) is 13.8. The Morgan fingerprint density at radius 3 is 2.37 bits per heavy atom. The highest BCUT2D eigenvalue weighted by molar-refractivity contribution is 6.39. The van der Waals surface area contributed by atoms with Gasteiger partial charge in [-0.1, -0.05) is 35.3 Å². The minimum absolute atomic E-state index is 0.0454. The number of carbonyl (C=O) groups is 1. The molecule has 0 aromatic heterocycles. The second-order valence-corrected chi connectivity index (χ2v) is 4.68. The van der Waals surface area contributed by atoms with Crippen LogP contribution in [0, 0.1) is 5.82 Å². The number of carbonyl (C=O) groups excluding carboxylic acids is 1. The van der Waals surface area contributed by atoms with Crippen LogP contribution in [0.5, 0.6) is 0 Å². The third kappa shape index (κ3) is 2.72. The third-order valence-corrected chi connectivity index (χ3v) is 3.32. The van der Waals surface area contributed by atoms with Crippen LogP contribution in [0.25, 0.3) is 11.1 Å². The number of rotatable bonds is 2. The Bertz CT molecular complexity index is 623. The average molecular weight is 298 g/mol. The highest BCUT2D eigenvalue weighted by Gasteiger charge is 2.14. The topological polar surface area (TPSA) is 29.1 Å². The van der Waals surface area contributed by atoms with Crippen molar-refractivity contribution < 1.29 is 9.18 Å². The zero-order valence-corrected chi connectivity index (χ0v) is 11.5. The summed E-state index contributed by atoms with van der Waals surface area (Å²) in [5.41, 5.74) is 1.13. The van der Waals surface area contributed by atoms with Gasteiger partial charge < -0.3 is 5.32 Å². The molecule has 0 spiro atoms. The molecule has 1 N–H and O–H groups in total. The lowest BCUT2D eigenvalue weighted by atomic mass is 10.0. The molecule has 98 valence electrons. The number of halogens is 3. The van der Waals surface area contributed by atoms with Gasteiger partial charge in [-0.25, -0.2) is 4.39 Å². The number of hydrogen-bond donors (Lipinski definition) is 1. The molecule has 0 heterocycles. The number of amides is 1. The molecule has 0 fully saturated rings. The van der Waals surface area contributed by atoms with Gasteiger partial charge in [-0.2, -0.15) is 0 Å². The summed E-state index contributed by atoms with van der Waals surface area (Å²) < 4.78 is 13.6. The zero-order chi connectivity index (χ0) is 14.0. The Labute approximate surface area is 120 Å². The van der Waals surface area contributed by atoms with Crippen LogP contribution < -0.4 is 5.32 Å². The molecular weight excluding hydrogens is 288 g/mol. The van der Waals surface area contributed by atoms with E-state index in [1.807, 2.05) is 0 Å². The van der Waals surface area contributed by atoms with Crippen LogP contribution in [0.4, 0.5) is 4.39 Å². The van der Waals surface area contributed by atoms with Gasteiger partial charge in [0.15, 0.2) is 0 Å². The first-order valence-corrected chi connectivity index (χ1v) is 6.26. The fourth-order valence-electron chi connectivity index (χ4n) is 1.76. The van der Waals surface area contributed by atoms with Crippen LogP contribution >= 0.6 is 23.2 Å². The zero-order valence-electron chi connectivity index (χ0n) is 10.0. The lowest BCUT2D eigenvalue weighted by Crippen LogP contribution is -2.19. The summed E-state index contributed by atoms with van der Waals surface area (Å²) in [6.45, 7) is 0. The maximum absolute atomic E-state index is 13.6. The summed E-state index contributed by atoms with van der Waals surface area (Å²) in [5.74, 6) is -1.09. The van der Waals surface area contributed by atoms with Gasteiger partial charge in [0.05, 0.1) is 5.56 Å². The smallest absolute Gasteiger partial charge is 0.254 e. The molecule has 0 aliphatic rings. The maximum atomic E-state index is 13.6. The van der Waals surface area contributed by atoms with Crippen LogP contribution in [-0.2, 0) is 0 Å². The number of hydrogen-bond acceptors (Lipinski definition) is 1. The molecule has 2 nitrogen and oxygen atoms in total. The van der Waals surface area contributed by atoms with Gasteiger partial charge in [-0.15, -0.1) is 0 Å². The standard InChI is InChI=1S/C14H10Cl2FNO/c1-18-14(19)9-7-8(5-6-12(9)17)13-10(15)3-2-4-11(13)16/h2-7H,1H3,(H,18,19). The minimum Gasteiger partial charge on any atom is -0.355 e. The first-order valence-electron chi connectivity index (χ1n) is 5.50. The molecule has 0 bridgehead atoms. The van der Waals surface area contributed by atoms with Crippen molar-refractivity contribution in [3.05, 3.63) is 57.8 Å². The van der Waals surface area contributed by atoms with Gasteiger partial charge in [-0.3, -0.25) is 4.79 Å². The quantitative estimate of drug-likeness (QED) is 0.886. The lowest BCUT2D eigenvalue weighted by Gasteiger charge is -2.09. The molecule has 5 heteroatoms. The van der Waals surface area contributed by atoms with Gasteiger partial charge in [-0.05, 0) is 29.8 Å². The molecule has 2 aromatic carbocycles. The molecule has 1 amide bonds. The Balaban J connectivity index is 2.61. The fraction of sp³-hybridized carbons (Fsp3) is 0.0714. The molecule has 0 unspecified atom stereocenters. The SMILES string of the molecule is CNC(=O)c1cc(-c2c(Cl)cccc2Cl)ccc1F. The molecule has 2 rings (SSSR count). The molecule has 0 saturated carbocycles. The van der Waals surface area contributed by atoms with Gasteiger partial charge in [0, 0.05) is 22.7 Å². The van der Waals surface area contributed by atoms with Crippen molar-refractivity contribution in [1.29, 1.82) is 0 Å². The summed E-state index contributed by atoms with van der Waals surface area (Å²) >= 11 is 12.2. The highest BCUT2D eigenvalue weighted by Crippen LogP contribution is 2.35. The van der Waals surface area contributed by atoms with E-state index in [0.717, 1.165) is 0 Å². The summed E-state index contributed by atoms with van der Waals surface area (Å²) in [6.07, 6.45) is 0. The molecule has 0 radical (unpaired) electrons. The third-order valence-electron chi connectivity index (χ3n) is 2.69. The van der Waals surface area contributed by atoms with Crippen molar-refractivity contribution in [2.45, 2.75) is 0 Å². The van der Waals surface area contributed by atoms with E-state index >= 15 is 0 Å². The van der Waals surface area contributed by atoms with Crippen molar-refractivity contribution in [2.24, 2.45) is 0 Å². The van der Waals surface area contributed by atoms with Crippen LogP contribution in [0.3, 0.4) is 0 Å². The van der Waals surface area contributed by atoms with Gasteiger partial charge in [0.1, 0.15) is 5.82 Å². The molecule has 0 aliphatic heterocycles. The van der Waals surface area contributed by atoms with E-state index in [4.69, 9.17) is 23.2 Å². The molecule has 0 saturated heterocycles. The van der Waals surface area contributed by atoms with Crippen molar-refractivity contribution >= 4 is 29.1 Å². The van der Waals surface area contributed by atoms with E-state index in [-0.39, 0.29) is 5.56 Å². The summed E-state index contributed by atoms with van der Waals surface area (Å²) in [5, 5.41) is 3.28. The Kier molecular flexibility index (Phi) is 4.08. The van der Waals surface area contributed by atoms with E-state index < -0.39 is 11.7 Å². The Morgan fingerprint density at radius 2 is 1.79 bits per heavy atom.